The van der Waals surface area contributed by atoms with Gasteiger partial charge in [0, 0.05) is 0 Å². The quantitative estimate of drug-likeness (QED) is 0.372. The summed E-state index contributed by atoms with van der Waals surface area (Å²) in [6.07, 6.45) is 0. The van der Waals surface area contributed by atoms with Crippen molar-refractivity contribution in [2.24, 2.45) is 0 Å². The summed E-state index contributed by atoms with van der Waals surface area (Å²) in [5.41, 5.74) is 8.57. The zero-order chi connectivity index (χ0) is 28.3. The molecule has 0 amide bonds. The van der Waals surface area contributed by atoms with Gasteiger partial charge in [0.15, 0.2) is 0 Å². The van der Waals surface area contributed by atoms with Gasteiger partial charge in [0.05, 0.1) is 11.5 Å². The standard InChI is InChI=1S/2C15H24O.2CH3.2Al.2H/c2*1-10-8-11(14(2,3)4)13(16)12(9-10)15(5,6)7;;;;;;/h2*8-9,16H,1-7H3;2*1H3;;;;/q;;;;2*+1;;/p-2. The minimum Gasteiger partial charge on any atom is -0.645 e. The van der Waals surface area contributed by atoms with Crippen LogP contribution in [0.15, 0.2) is 24.3 Å². The Labute approximate surface area is 237 Å². The molecule has 0 aliphatic carbocycles. The van der Waals surface area contributed by atoms with E-state index >= 15 is 0 Å². The van der Waals surface area contributed by atoms with Gasteiger partial charge >= 0.3 is 31.1 Å². The highest BCUT2D eigenvalue weighted by Gasteiger charge is 2.28. The lowest BCUT2D eigenvalue weighted by Crippen LogP contribution is -2.20. The van der Waals surface area contributed by atoms with Crippen molar-refractivity contribution in [3.8, 4) is 11.5 Å². The average Bonchev–Trinajstić information content (AvgIpc) is 2.67. The molecule has 0 unspecified atom stereocenters. The fourth-order valence-corrected chi connectivity index (χ4v) is 5.57. The van der Waals surface area contributed by atoms with E-state index < -0.39 is 31.1 Å². The average molecular weight is 525 g/mol. The van der Waals surface area contributed by atoms with Crippen molar-refractivity contribution in [1.29, 1.82) is 0 Å². The van der Waals surface area contributed by atoms with Crippen molar-refractivity contribution >= 4 is 31.1 Å². The van der Waals surface area contributed by atoms with Crippen molar-refractivity contribution in [3.63, 3.8) is 0 Å². The van der Waals surface area contributed by atoms with Crippen LogP contribution in [0.5, 0.6) is 11.5 Å². The lowest BCUT2D eigenvalue weighted by atomic mass is 9.78. The van der Waals surface area contributed by atoms with Gasteiger partial charge in [-0.1, -0.05) is 130 Å². The van der Waals surface area contributed by atoms with Crippen LogP contribution in [0.2, 0.25) is 11.6 Å². The van der Waals surface area contributed by atoms with Crippen molar-refractivity contribution in [2.75, 3.05) is 0 Å². The van der Waals surface area contributed by atoms with Gasteiger partial charge in [-0.15, -0.1) is 0 Å². The first-order chi connectivity index (χ1) is 16.1. The van der Waals surface area contributed by atoms with E-state index in [1.165, 1.54) is 33.4 Å². The second kappa shape index (κ2) is 12.3. The van der Waals surface area contributed by atoms with Gasteiger partial charge in [-0.05, 0) is 57.8 Å². The number of aryl methyl sites for hydroxylation is 2. The zero-order valence-corrected chi connectivity index (χ0v) is 29.4. The van der Waals surface area contributed by atoms with E-state index in [1.807, 2.05) is 0 Å². The Kier molecular flexibility index (Phi) is 11.3. The number of hydrogen-bond donors (Lipinski definition) is 0. The Morgan fingerprint density at radius 1 is 0.444 bits per heavy atom. The summed E-state index contributed by atoms with van der Waals surface area (Å²) in [6.45, 7) is 31.5. The van der Waals surface area contributed by atoms with E-state index in [-0.39, 0.29) is 21.7 Å². The summed E-state index contributed by atoms with van der Waals surface area (Å²) >= 11 is -0.911. The molecule has 200 valence electrons. The second-order valence-corrected chi connectivity index (χ2v) is 16.0. The summed E-state index contributed by atoms with van der Waals surface area (Å²) in [6, 6.07) is 9.15. The van der Waals surface area contributed by atoms with Crippen LogP contribution in [0, 0.1) is 13.8 Å². The lowest BCUT2D eigenvalue weighted by molar-refractivity contribution is 0.493. The van der Waals surface area contributed by atoms with Crippen LogP contribution >= 0.6 is 0 Å². The van der Waals surface area contributed by atoms with E-state index in [0.29, 0.717) is 0 Å². The molecule has 0 N–H and O–H groups in total. The predicted octanol–water partition coefficient (Wildman–Crippen LogP) is 8.74. The van der Waals surface area contributed by atoms with Crippen LogP contribution in [-0.4, -0.2) is 31.1 Å². The van der Waals surface area contributed by atoms with E-state index in [4.69, 9.17) is 7.58 Å². The molecule has 4 heteroatoms. The van der Waals surface area contributed by atoms with Gasteiger partial charge in [0.2, 0.25) is 0 Å². The molecule has 0 aliphatic heterocycles. The Hall–Kier alpha value is -0.895. The first-order valence-corrected chi connectivity index (χ1v) is 17.7. The Bertz CT molecular complexity index is 857. The molecule has 0 atom stereocenters. The highest BCUT2D eigenvalue weighted by atomic mass is 27.1. The largest absolute Gasteiger partial charge is 0.645 e. The van der Waals surface area contributed by atoms with E-state index in [0.717, 1.165) is 11.5 Å². The molecule has 0 aromatic heterocycles. The Morgan fingerprint density at radius 2 is 0.639 bits per heavy atom. The van der Waals surface area contributed by atoms with E-state index in [2.05, 4.69) is 133 Å². The van der Waals surface area contributed by atoms with E-state index in [9.17, 15) is 0 Å². The molecule has 0 bridgehead atoms. The molecular formula is C32H54Al2O2. The molecule has 0 fully saturated rings. The van der Waals surface area contributed by atoms with Gasteiger partial charge in [0.1, 0.15) is 0 Å². The summed E-state index contributed by atoms with van der Waals surface area (Å²) in [5, 5.41) is 0. The Morgan fingerprint density at radius 3 is 0.778 bits per heavy atom. The number of hydrogen-bond acceptors (Lipinski definition) is 2. The smallest absolute Gasteiger partial charge is 0.518 e. The van der Waals surface area contributed by atoms with Crippen LogP contribution in [-0.2, 0) is 21.7 Å². The second-order valence-electron chi connectivity index (χ2n) is 14.2. The SMILES string of the molecule is [CH3][AlH][O]c1c(C(C)(C)C)cc(C)cc1C(C)(C)C.[CH3][AlH][O]c1c(C(C)(C)C)cc(C)cc1C(C)(C)C. The maximum Gasteiger partial charge on any atom is 0.518 e. The van der Waals surface area contributed by atoms with Crippen LogP contribution in [0.25, 0.3) is 0 Å². The molecule has 2 nitrogen and oxygen atoms in total. The fourth-order valence-electron chi connectivity index (χ4n) is 4.37. The normalized spacial score (nSPS) is 12.4. The molecule has 2 rings (SSSR count). The topological polar surface area (TPSA) is 18.5 Å². The molecule has 36 heavy (non-hydrogen) atoms. The zero-order valence-electron chi connectivity index (χ0n) is 26.5. The van der Waals surface area contributed by atoms with Crippen LogP contribution in [0.4, 0.5) is 0 Å². The van der Waals surface area contributed by atoms with Crippen molar-refractivity contribution in [3.05, 3.63) is 57.6 Å². The highest BCUT2D eigenvalue weighted by Crippen LogP contribution is 2.41. The molecule has 0 saturated carbocycles. The molecule has 0 spiro atoms. The van der Waals surface area contributed by atoms with Crippen molar-refractivity contribution < 1.29 is 7.58 Å². The van der Waals surface area contributed by atoms with E-state index in [1.54, 1.807) is 0 Å². The molecule has 0 saturated heterocycles. The number of benzene rings is 2. The maximum absolute atomic E-state index is 6.12. The van der Waals surface area contributed by atoms with Gasteiger partial charge in [-0.3, -0.25) is 0 Å². The van der Waals surface area contributed by atoms with Crippen LogP contribution < -0.4 is 7.58 Å². The van der Waals surface area contributed by atoms with Crippen molar-refractivity contribution in [1.82, 2.24) is 0 Å². The minimum atomic E-state index is -0.455. The summed E-state index contributed by atoms with van der Waals surface area (Å²) in [4.78, 5) is 0. The third-order valence-electron chi connectivity index (χ3n) is 6.28. The minimum absolute atomic E-state index is 0.130. The third-order valence-corrected chi connectivity index (χ3v) is 7.43. The van der Waals surface area contributed by atoms with Gasteiger partial charge < -0.3 is 7.58 Å². The third kappa shape index (κ3) is 9.14. The molecule has 2 aromatic carbocycles. The van der Waals surface area contributed by atoms with Crippen LogP contribution in [0.1, 0.15) is 116 Å². The van der Waals surface area contributed by atoms with Gasteiger partial charge in [-0.25, -0.2) is 0 Å². The first kappa shape index (κ1) is 33.1. The lowest BCUT2D eigenvalue weighted by Gasteiger charge is -2.31. The van der Waals surface area contributed by atoms with Crippen molar-refractivity contribution in [2.45, 2.75) is 130 Å². The first-order valence-electron chi connectivity index (χ1n) is 13.7. The maximum atomic E-state index is 6.12. The van der Waals surface area contributed by atoms with Crippen LogP contribution in [0.3, 0.4) is 0 Å². The molecule has 0 aliphatic rings. The summed E-state index contributed by atoms with van der Waals surface area (Å²) in [7, 11) is 0. The highest BCUT2D eigenvalue weighted by molar-refractivity contribution is 6.26. The monoisotopic (exact) mass is 524 g/mol. The molecule has 2 aromatic rings. The molecular weight excluding hydrogens is 470 g/mol. The molecule has 0 heterocycles. The molecule has 0 radical (unpaired) electrons. The van der Waals surface area contributed by atoms with Gasteiger partial charge in [0.25, 0.3) is 0 Å². The Balaban J connectivity index is 0.000000360. The number of rotatable bonds is 4. The summed E-state index contributed by atoms with van der Waals surface area (Å²) < 4.78 is 12.2. The fraction of sp³-hybridized carbons (Fsp3) is 0.625. The van der Waals surface area contributed by atoms with Gasteiger partial charge in [-0.2, -0.15) is 0 Å². The predicted molar refractivity (Wildman–Crippen MR) is 164 cm³/mol. The summed E-state index contributed by atoms with van der Waals surface area (Å²) in [5.74, 6) is 6.68.